The maximum Gasteiger partial charge on any atom is 0.254 e. The van der Waals surface area contributed by atoms with Crippen LogP contribution in [0.15, 0.2) is 35.1 Å². The number of carbonyl (C=O) groups is 1. The highest BCUT2D eigenvalue weighted by atomic mass is 32.1. The summed E-state index contributed by atoms with van der Waals surface area (Å²) < 4.78 is 0. The summed E-state index contributed by atoms with van der Waals surface area (Å²) in [5.41, 5.74) is 2.59. The van der Waals surface area contributed by atoms with E-state index in [1.54, 1.807) is 13.8 Å². The average molecular weight is 354 g/mol. The molecule has 3 aromatic rings. The number of H-pyrrole nitrogens is 1. The number of aromatic amines is 1. The normalized spacial score (nSPS) is 10.7. The Morgan fingerprint density at radius 1 is 1.12 bits per heavy atom. The van der Waals surface area contributed by atoms with Crippen molar-refractivity contribution in [1.82, 2.24) is 15.0 Å². The van der Waals surface area contributed by atoms with E-state index < -0.39 is 0 Å². The van der Waals surface area contributed by atoms with Crippen LogP contribution in [0, 0.1) is 20.8 Å². The van der Waals surface area contributed by atoms with Crippen molar-refractivity contribution in [3.8, 4) is 10.4 Å². The molecule has 2 N–H and O–H groups in total. The smallest absolute Gasteiger partial charge is 0.254 e. The number of carbonyl (C=O) groups excluding carboxylic acids is 1. The minimum Gasteiger partial charge on any atom is -0.311 e. The van der Waals surface area contributed by atoms with Gasteiger partial charge in [-0.25, -0.2) is 9.97 Å². The van der Waals surface area contributed by atoms with Gasteiger partial charge in [0.2, 0.25) is 5.91 Å². The van der Waals surface area contributed by atoms with E-state index in [0.717, 1.165) is 16.1 Å². The molecule has 0 fully saturated rings. The number of nitrogens with one attached hydrogen (secondary N) is 2. The summed E-state index contributed by atoms with van der Waals surface area (Å²) in [6.07, 6.45) is -0.0340. The molecule has 1 aromatic carbocycles. The minimum absolute atomic E-state index is 0.0340. The zero-order chi connectivity index (χ0) is 18.0. The molecule has 128 valence electrons. The van der Waals surface area contributed by atoms with Crippen LogP contribution in [0.1, 0.15) is 22.8 Å². The van der Waals surface area contributed by atoms with Gasteiger partial charge in [-0.2, -0.15) is 0 Å². The maximum atomic E-state index is 12.3. The monoisotopic (exact) mass is 354 g/mol. The molecule has 0 aliphatic heterocycles. The van der Waals surface area contributed by atoms with Crippen molar-refractivity contribution in [2.45, 2.75) is 27.2 Å². The fourth-order valence-electron chi connectivity index (χ4n) is 2.59. The van der Waals surface area contributed by atoms with Gasteiger partial charge in [-0.05, 0) is 26.3 Å². The number of aryl methyl sites for hydroxylation is 3. The quantitative estimate of drug-likeness (QED) is 0.754. The fourth-order valence-corrected chi connectivity index (χ4v) is 3.58. The Hall–Kier alpha value is -2.80. The first-order valence-electron chi connectivity index (χ1n) is 7.83. The highest BCUT2D eigenvalue weighted by Gasteiger charge is 2.15. The molecule has 0 spiro atoms. The van der Waals surface area contributed by atoms with Crippen LogP contribution in [0.2, 0.25) is 0 Å². The molecule has 0 unspecified atom stereocenters. The van der Waals surface area contributed by atoms with Crippen molar-refractivity contribution in [3.63, 3.8) is 0 Å². The van der Waals surface area contributed by atoms with Gasteiger partial charge in [-0.1, -0.05) is 41.7 Å². The van der Waals surface area contributed by atoms with Gasteiger partial charge in [0.05, 0.1) is 17.0 Å². The van der Waals surface area contributed by atoms with Crippen LogP contribution in [0.25, 0.3) is 10.4 Å². The molecule has 2 aromatic heterocycles. The Morgan fingerprint density at radius 3 is 2.52 bits per heavy atom. The lowest BCUT2D eigenvalue weighted by Crippen LogP contribution is -2.24. The van der Waals surface area contributed by atoms with E-state index in [0.29, 0.717) is 22.2 Å². The lowest BCUT2D eigenvalue weighted by molar-refractivity contribution is -0.115. The second-order valence-corrected chi connectivity index (χ2v) is 6.74. The van der Waals surface area contributed by atoms with Gasteiger partial charge in [0.1, 0.15) is 5.82 Å². The Balaban J connectivity index is 1.78. The third kappa shape index (κ3) is 3.83. The summed E-state index contributed by atoms with van der Waals surface area (Å²) in [4.78, 5) is 36.6. The maximum absolute atomic E-state index is 12.3. The van der Waals surface area contributed by atoms with Crippen LogP contribution in [-0.4, -0.2) is 20.9 Å². The van der Waals surface area contributed by atoms with Crippen molar-refractivity contribution in [3.05, 3.63) is 63.5 Å². The van der Waals surface area contributed by atoms with Crippen molar-refractivity contribution >= 4 is 22.4 Å². The molecule has 25 heavy (non-hydrogen) atoms. The number of thiazole rings is 1. The Morgan fingerprint density at radius 2 is 1.84 bits per heavy atom. The highest BCUT2D eigenvalue weighted by Crippen LogP contribution is 2.32. The van der Waals surface area contributed by atoms with E-state index in [-0.39, 0.29) is 17.9 Å². The van der Waals surface area contributed by atoms with Crippen LogP contribution in [0.5, 0.6) is 0 Å². The van der Waals surface area contributed by atoms with Crippen molar-refractivity contribution < 1.29 is 4.79 Å². The fraction of sp³-hybridized carbons (Fsp3) is 0.222. The van der Waals surface area contributed by atoms with Crippen LogP contribution >= 0.6 is 11.3 Å². The molecule has 0 atom stereocenters. The first-order chi connectivity index (χ1) is 11.9. The second-order valence-electron chi connectivity index (χ2n) is 5.74. The summed E-state index contributed by atoms with van der Waals surface area (Å²) >= 11 is 1.42. The molecule has 6 nitrogen and oxygen atoms in total. The SMILES string of the molecule is Cc1nc(C)c(CC(=O)Nc2nc(C)c(-c3ccccc3)s2)c(=O)[nH]1. The number of aromatic nitrogens is 3. The number of rotatable bonds is 4. The first kappa shape index (κ1) is 17.0. The second kappa shape index (κ2) is 6.98. The van der Waals surface area contributed by atoms with Crippen molar-refractivity contribution in [2.24, 2.45) is 0 Å². The van der Waals surface area contributed by atoms with Gasteiger partial charge in [-0.3, -0.25) is 9.59 Å². The number of benzene rings is 1. The van der Waals surface area contributed by atoms with Gasteiger partial charge in [0, 0.05) is 11.3 Å². The van der Waals surface area contributed by atoms with Gasteiger partial charge in [0.25, 0.3) is 5.56 Å². The van der Waals surface area contributed by atoms with Gasteiger partial charge >= 0.3 is 0 Å². The van der Waals surface area contributed by atoms with E-state index in [1.807, 2.05) is 37.3 Å². The zero-order valence-electron chi connectivity index (χ0n) is 14.2. The molecule has 0 saturated carbocycles. The molecule has 0 aliphatic carbocycles. The predicted octanol–water partition coefficient (Wildman–Crippen LogP) is 3.00. The largest absolute Gasteiger partial charge is 0.311 e. The lowest BCUT2D eigenvalue weighted by Gasteiger charge is -2.05. The van der Waals surface area contributed by atoms with E-state index in [1.165, 1.54) is 11.3 Å². The van der Waals surface area contributed by atoms with Crippen LogP contribution in [0.3, 0.4) is 0 Å². The summed E-state index contributed by atoms with van der Waals surface area (Å²) in [5.74, 6) is 0.252. The van der Waals surface area contributed by atoms with E-state index in [2.05, 4.69) is 20.3 Å². The van der Waals surface area contributed by atoms with E-state index in [4.69, 9.17) is 0 Å². The third-order valence-corrected chi connectivity index (χ3v) is 4.88. The Labute approximate surface area is 149 Å². The third-order valence-electron chi connectivity index (χ3n) is 3.76. The van der Waals surface area contributed by atoms with Gasteiger partial charge in [0.15, 0.2) is 5.13 Å². The Bertz CT molecular complexity index is 976. The number of amides is 1. The standard InChI is InChI=1S/C18H18N4O2S/c1-10-14(17(24)21-12(3)19-10)9-15(23)22-18-20-11(2)16(25-18)13-7-5-4-6-8-13/h4-8H,9H2,1-3H3,(H,19,21,24)(H,20,22,23). The zero-order valence-corrected chi connectivity index (χ0v) is 15.0. The molecule has 0 aliphatic rings. The minimum atomic E-state index is -0.285. The molecular weight excluding hydrogens is 336 g/mol. The Kier molecular flexibility index (Phi) is 4.76. The van der Waals surface area contributed by atoms with E-state index in [9.17, 15) is 9.59 Å². The number of hydrogen-bond donors (Lipinski definition) is 2. The highest BCUT2D eigenvalue weighted by molar-refractivity contribution is 7.19. The number of anilines is 1. The van der Waals surface area contributed by atoms with Crippen LogP contribution in [0.4, 0.5) is 5.13 Å². The first-order valence-corrected chi connectivity index (χ1v) is 8.65. The molecule has 1 amide bonds. The molecule has 0 saturated heterocycles. The van der Waals surface area contributed by atoms with Gasteiger partial charge in [-0.15, -0.1) is 0 Å². The van der Waals surface area contributed by atoms with Crippen molar-refractivity contribution in [1.29, 1.82) is 0 Å². The lowest BCUT2D eigenvalue weighted by atomic mass is 10.1. The summed E-state index contributed by atoms with van der Waals surface area (Å²) in [6.45, 7) is 5.35. The van der Waals surface area contributed by atoms with Gasteiger partial charge < -0.3 is 10.3 Å². The predicted molar refractivity (Wildman–Crippen MR) is 99.0 cm³/mol. The molecule has 0 bridgehead atoms. The average Bonchev–Trinajstić information content (AvgIpc) is 2.92. The van der Waals surface area contributed by atoms with Crippen molar-refractivity contribution in [2.75, 3.05) is 5.32 Å². The van der Waals surface area contributed by atoms with E-state index >= 15 is 0 Å². The summed E-state index contributed by atoms with van der Waals surface area (Å²) in [5, 5.41) is 3.30. The summed E-state index contributed by atoms with van der Waals surface area (Å²) in [7, 11) is 0. The number of hydrogen-bond acceptors (Lipinski definition) is 5. The van der Waals surface area contributed by atoms with Crippen LogP contribution < -0.4 is 10.9 Å². The molecular formula is C18H18N4O2S. The molecule has 0 radical (unpaired) electrons. The van der Waals surface area contributed by atoms with Crippen LogP contribution in [-0.2, 0) is 11.2 Å². The molecule has 3 rings (SSSR count). The number of nitrogens with zero attached hydrogens (tertiary/aromatic N) is 2. The summed E-state index contributed by atoms with van der Waals surface area (Å²) in [6, 6.07) is 9.90. The topological polar surface area (TPSA) is 87.7 Å². The molecule has 2 heterocycles. The molecule has 7 heteroatoms.